The first-order chi connectivity index (χ1) is 13.3. The molecule has 0 heteroatoms. The molecule has 5 atom stereocenters. The van der Waals surface area contributed by atoms with Crippen molar-refractivity contribution >= 4 is 0 Å². The van der Waals surface area contributed by atoms with Crippen molar-refractivity contribution in [2.24, 2.45) is 29.6 Å². The fraction of sp³-hybridized carbons (Fsp3) is 0.407. The average molecular weight is 355 g/mol. The van der Waals surface area contributed by atoms with E-state index in [-0.39, 0.29) is 5.41 Å². The summed E-state index contributed by atoms with van der Waals surface area (Å²) in [5.74, 6) is 3.75. The van der Waals surface area contributed by atoms with Crippen LogP contribution in [-0.2, 0) is 5.41 Å². The lowest BCUT2D eigenvalue weighted by molar-refractivity contribution is 0.167. The molecule has 27 heavy (non-hydrogen) atoms. The van der Waals surface area contributed by atoms with Gasteiger partial charge in [-0.1, -0.05) is 105 Å². The molecule has 138 valence electrons. The molecule has 0 bridgehead atoms. The maximum Gasteiger partial charge on any atom is 0.0211 e. The third-order valence-corrected chi connectivity index (χ3v) is 7.88. The highest BCUT2D eigenvalue weighted by molar-refractivity contribution is 5.42. The Morgan fingerprint density at radius 2 is 1.19 bits per heavy atom. The lowest BCUT2D eigenvalue weighted by Crippen LogP contribution is -2.40. The van der Waals surface area contributed by atoms with Gasteiger partial charge in [-0.2, -0.15) is 0 Å². The van der Waals surface area contributed by atoms with Crippen LogP contribution < -0.4 is 0 Å². The fourth-order valence-electron chi connectivity index (χ4n) is 6.76. The molecule has 0 aliphatic heterocycles. The van der Waals surface area contributed by atoms with Crippen molar-refractivity contribution in [2.75, 3.05) is 0 Å². The van der Waals surface area contributed by atoms with Crippen molar-refractivity contribution in [1.29, 1.82) is 0 Å². The second kappa shape index (κ2) is 6.82. The molecule has 2 aromatic rings. The number of fused-ring (bicyclic) bond motifs is 3. The molecule has 0 aromatic heterocycles. The Balaban J connectivity index is 1.69. The summed E-state index contributed by atoms with van der Waals surface area (Å²) in [5, 5.41) is 0. The molecule has 5 unspecified atom stereocenters. The maximum atomic E-state index is 2.54. The van der Waals surface area contributed by atoms with Crippen LogP contribution in [0.3, 0.4) is 0 Å². The van der Waals surface area contributed by atoms with Crippen molar-refractivity contribution < 1.29 is 0 Å². The second-order valence-electron chi connectivity index (χ2n) is 9.00. The Labute approximate surface area is 164 Å². The van der Waals surface area contributed by atoms with Crippen LogP contribution in [0.4, 0.5) is 0 Å². The zero-order valence-electron chi connectivity index (χ0n) is 16.3. The van der Waals surface area contributed by atoms with E-state index >= 15 is 0 Å². The van der Waals surface area contributed by atoms with E-state index in [0.29, 0.717) is 11.8 Å². The van der Waals surface area contributed by atoms with Crippen LogP contribution in [-0.4, -0.2) is 0 Å². The SMILES string of the molecule is CC(c1ccccc1)(c1ccccc1)C1C2C=CC=CC2C2CCCCC21. The normalized spacial score (nSPS) is 32.1. The number of hydrogen-bond donors (Lipinski definition) is 0. The Hall–Kier alpha value is -2.08. The summed E-state index contributed by atoms with van der Waals surface area (Å²) in [7, 11) is 0. The Kier molecular flexibility index (Phi) is 4.31. The third-order valence-electron chi connectivity index (χ3n) is 7.88. The first-order valence-corrected chi connectivity index (χ1v) is 10.8. The maximum absolute atomic E-state index is 2.54. The highest BCUT2D eigenvalue weighted by atomic mass is 14.6. The molecule has 2 fully saturated rings. The summed E-state index contributed by atoms with van der Waals surface area (Å²) in [4.78, 5) is 0. The number of allylic oxidation sites excluding steroid dienone is 4. The van der Waals surface area contributed by atoms with Crippen LogP contribution in [0.5, 0.6) is 0 Å². The van der Waals surface area contributed by atoms with Gasteiger partial charge in [-0.05, 0) is 53.6 Å². The Morgan fingerprint density at radius 3 is 1.78 bits per heavy atom. The minimum Gasteiger partial charge on any atom is -0.0805 e. The van der Waals surface area contributed by atoms with E-state index in [2.05, 4.69) is 91.9 Å². The van der Waals surface area contributed by atoms with Gasteiger partial charge in [0.15, 0.2) is 0 Å². The summed E-state index contributed by atoms with van der Waals surface area (Å²) in [6.45, 7) is 2.53. The van der Waals surface area contributed by atoms with E-state index in [1.165, 1.54) is 36.8 Å². The number of rotatable bonds is 3. The lowest BCUT2D eigenvalue weighted by Gasteiger charge is -2.44. The molecule has 2 saturated carbocycles. The van der Waals surface area contributed by atoms with Gasteiger partial charge in [-0.15, -0.1) is 0 Å². The third kappa shape index (κ3) is 2.64. The second-order valence-corrected chi connectivity index (χ2v) is 9.00. The first kappa shape index (κ1) is 17.0. The summed E-state index contributed by atoms with van der Waals surface area (Å²) < 4.78 is 0. The van der Waals surface area contributed by atoms with Crippen LogP contribution in [0.1, 0.15) is 43.7 Å². The van der Waals surface area contributed by atoms with E-state index in [1.807, 2.05) is 0 Å². The van der Waals surface area contributed by atoms with E-state index < -0.39 is 0 Å². The topological polar surface area (TPSA) is 0 Å². The zero-order chi connectivity index (χ0) is 18.3. The quantitative estimate of drug-likeness (QED) is 0.569. The molecule has 0 radical (unpaired) electrons. The van der Waals surface area contributed by atoms with Crippen molar-refractivity contribution in [3.63, 3.8) is 0 Å². The van der Waals surface area contributed by atoms with Crippen LogP contribution >= 0.6 is 0 Å². The van der Waals surface area contributed by atoms with Gasteiger partial charge in [0.2, 0.25) is 0 Å². The van der Waals surface area contributed by atoms with E-state index in [9.17, 15) is 0 Å². The molecule has 5 rings (SSSR count). The highest BCUT2D eigenvalue weighted by Crippen LogP contribution is 2.61. The van der Waals surface area contributed by atoms with Crippen molar-refractivity contribution in [3.8, 4) is 0 Å². The van der Waals surface area contributed by atoms with Gasteiger partial charge in [0.05, 0.1) is 0 Å². The first-order valence-electron chi connectivity index (χ1n) is 10.8. The standard InChI is InChI=1S/C27H30/c1-27(20-12-4-2-5-13-20,21-14-6-3-7-15-21)26-24-18-10-8-16-22(24)23-17-9-11-19-25(23)26/h2-8,10,12-16,18,22-26H,9,11,17,19H2,1H3. The summed E-state index contributed by atoms with van der Waals surface area (Å²) >= 11 is 0. The van der Waals surface area contributed by atoms with Crippen molar-refractivity contribution in [1.82, 2.24) is 0 Å². The summed E-state index contributed by atoms with van der Waals surface area (Å²) in [6.07, 6.45) is 15.3. The Morgan fingerprint density at radius 1 is 0.667 bits per heavy atom. The van der Waals surface area contributed by atoms with Gasteiger partial charge in [-0.3, -0.25) is 0 Å². The van der Waals surface area contributed by atoms with E-state index in [0.717, 1.165) is 17.8 Å². The van der Waals surface area contributed by atoms with Gasteiger partial charge < -0.3 is 0 Å². The van der Waals surface area contributed by atoms with Gasteiger partial charge in [0.1, 0.15) is 0 Å². The van der Waals surface area contributed by atoms with Crippen LogP contribution in [0, 0.1) is 29.6 Å². The minimum absolute atomic E-state index is 0.0533. The molecule has 3 aliphatic rings. The monoisotopic (exact) mass is 354 g/mol. The van der Waals surface area contributed by atoms with Crippen molar-refractivity contribution in [3.05, 3.63) is 96.1 Å². The molecule has 0 N–H and O–H groups in total. The van der Waals surface area contributed by atoms with Gasteiger partial charge in [-0.25, -0.2) is 0 Å². The smallest absolute Gasteiger partial charge is 0.0211 e. The lowest BCUT2D eigenvalue weighted by atomic mass is 9.59. The molecule has 0 spiro atoms. The Bertz CT molecular complexity index is 789. The molecule has 3 aliphatic carbocycles. The summed E-state index contributed by atoms with van der Waals surface area (Å²) in [6, 6.07) is 22.6. The molecule has 0 saturated heterocycles. The zero-order valence-corrected chi connectivity index (χ0v) is 16.3. The molecular weight excluding hydrogens is 324 g/mol. The number of hydrogen-bond acceptors (Lipinski definition) is 0. The van der Waals surface area contributed by atoms with Crippen LogP contribution in [0.2, 0.25) is 0 Å². The summed E-state index contributed by atoms with van der Waals surface area (Å²) in [5.41, 5.74) is 3.01. The molecule has 0 nitrogen and oxygen atoms in total. The molecule has 0 amide bonds. The van der Waals surface area contributed by atoms with E-state index in [1.54, 1.807) is 0 Å². The predicted octanol–water partition coefficient (Wildman–Crippen LogP) is 6.79. The van der Waals surface area contributed by atoms with Crippen LogP contribution in [0.15, 0.2) is 85.0 Å². The van der Waals surface area contributed by atoms with Crippen molar-refractivity contribution in [2.45, 2.75) is 38.0 Å². The predicted molar refractivity (Wildman–Crippen MR) is 114 cm³/mol. The molecular formula is C27H30. The molecule has 2 aromatic carbocycles. The van der Waals surface area contributed by atoms with Gasteiger partial charge in [0.25, 0.3) is 0 Å². The number of benzene rings is 2. The largest absolute Gasteiger partial charge is 0.0805 e. The van der Waals surface area contributed by atoms with Gasteiger partial charge in [0, 0.05) is 5.41 Å². The highest BCUT2D eigenvalue weighted by Gasteiger charge is 2.56. The van der Waals surface area contributed by atoms with Crippen LogP contribution in [0.25, 0.3) is 0 Å². The molecule has 0 heterocycles. The van der Waals surface area contributed by atoms with Gasteiger partial charge >= 0.3 is 0 Å². The minimum atomic E-state index is 0.0533. The van der Waals surface area contributed by atoms with E-state index in [4.69, 9.17) is 0 Å². The average Bonchev–Trinajstić information content (AvgIpc) is 3.09. The fourth-order valence-corrected chi connectivity index (χ4v) is 6.76.